The number of pyridine rings is 1. The molecule has 5 nitrogen and oxygen atoms in total. The first kappa shape index (κ1) is 16.8. The van der Waals surface area contributed by atoms with Gasteiger partial charge in [-0.1, -0.05) is 23.8 Å². The molecular formula is C18H22N2O3. The van der Waals surface area contributed by atoms with E-state index in [2.05, 4.69) is 16.4 Å². The fourth-order valence-corrected chi connectivity index (χ4v) is 2.24. The van der Waals surface area contributed by atoms with Gasteiger partial charge in [0.25, 0.3) is 0 Å². The van der Waals surface area contributed by atoms with Crippen LogP contribution in [0.1, 0.15) is 23.1 Å². The summed E-state index contributed by atoms with van der Waals surface area (Å²) < 4.78 is 10.8. The number of ether oxygens (including phenoxy) is 2. The lowest BCUT2D eigenvalue weighted by Crippen LogP contribution is -2.24. The molecule has 2 rings (SSSR count). The molecule has 1 aromatic heterocycles. The molecule has 0 fully saturated rings. The summed E-state index contributed by atoms with van der Waals surface area (Å²) in [6, 6.07) is 9.68. The van der Waals surface area contributed by atoms with Gasteiger partial charge in [-0.3, -0.25) is 4.79 Å². The predicted molar refractivity (Wildman–Crippen MR) is 88.7 cm³/mol. The standard InChI is InChI=1S/C18H22N2O3/c1-13-6-7-16(14(2)11-13)23-10-8-17(21)20-12-15-5-4-9-19-18(15)22-3/h4-7,9,11H,8,10,12H2,1-3H3,(H,20,21). The van der Waals surface area contributed by atoms with Crippen LogP contribution in [0, 0.1) is 13.8 Å². The summed E-state index contributed by atoms with van der Waals surface area (Å²) in [5, 5.41) is 2.84. The maximum atomic E-state index is 11.9. The summed E-state index contributed by atoms with van der Waals surface area (Å²) >= 11 is 0. The van der Waals surface area contributed by atoms with Gasteiger partial charge >= 0.3 is 0 Å². The second-order valence-electron chi connectivity index (χ2n) is 5.32. The van der Waals surface area contributed by atoms with Crippen LogP contribution in [0.15, 0.2) is 36.5 Å². The Hall–Kier alpha value is -2.56. The molecule has 0 saturated heterocycles. The van der Waals surface area contributed by atoms with E-state index in [9.17, 15) is 4.79 Å². The summed E-state index contributed by atoms with van der Waals surface area (Å²) in [4.78, 5) is 16.0. The van der Waals surface area contributed by atoms with Crippen LogP contribution in [0.2, 0.25) is 0 Å². The van der Waals surface area contributed by atoms with E-state index in [4.69, 9.17) is 9.47 Å². The highest BCUT2D eigenvalue weighted by Crippen LogP contribution is 2.18. The zero-order chi connectivity index (χ0) is 16.7. The van der Waals surface area contributed by atoms with Crippen molar-refractivity contribution in [3.63, 3.8) is 0 Å². The molecule has 0 radical (unpaired) electrons. The fourth-order valence-electron chi connectivity index (χ4n) is 2.24. The number of carbonyl (C=O) groups excluding carboxylic acids is 1. The molecule has 0 aliphatic rings. The molecule has 0 atom stereocenters. The number of carbonyl (C=O) groups is 1. The Bertz CT molecular complexity index is 671. The van der Waals surface area contributed by atoms with Crippen LogP contribution >= 0.6 is 0 Å². The van der Waals surface area contributed by atoms with Gasteiger partial charge in [-0.2, -0.15) is 0 Å². The van der Waals surface area contributed by atoms with Crippen LogP contribution in [-0.4, -0.2) is 24.6 Å². The lowest BCUT2D eigenvalue weighted by Gasteiger charge is -2.11. The number of methoxy groups -OCH3 is 1. The third kappa shape index (κ3) is 4.98. The highest BCUT2D eigenvalue weighted by Gasteiger charge is 2.07. The minimum Gasteiger partial charge on any atom is -0.493 e. The van der Waals surface area contributed by atoms with E-state index in [-0.39, 0.29) is 5.91 Å². The quantitative estimate of drug-likeness (QED) is 0.853. The largest absolute Gasteiger partial charge is 0.493 e. The van der Waals surface area contributed by atoms with Crippen molar-refractivity contribution in [3.8, 4) is 11.6 Å². The molecule has 0 aliphatic heterocycles. The normalized spacial score (nSPS) is 10.2. The van der Waals surface area contributed by atoms with Gasteiger partial charge in [0, 0.05) is 18.3 Å². The Morgan fingerprint density at radius 3 is 2.83 bits per heavy atom. The van der Waals surface area contributed by atoms with E-state index in [0.29, 0.717) is 25.5 Å². The van der Waals surface area contributed by atoms with Gasteiger partial charge in [-0.05, 0) is 31.5 Å². The van der Waals surface area contributed by atoms with Crippen molar-refractivity contribution in [3.05, 3.63) is 53.2 Å². The van der Waals surface area contributed by atoms with Crippen LogP contribution in [0.4, 0.5) is 0 Å². The zero-order valence-corrected chi connectivity index (χ0v) is 13.8. The third-order valence-corrected chi connectivity index (χ3v) is 3.44. The highest BCUT2D eigenvalue weighted by atomic mass is 16.5. The SMILES string of the molecule is COc1ncccc1CNC(=O)CCOc1ccc(C)cc1C. The van der Waals surface area contributed by atoms with Gasteiger partial charge < -0.3 is 14.8 Å². The van der Waals surface area contributed by atoms with Gasteiger partial charge in [-0.15, -0.1) is 0 Å². The van der Waals surface area contributed by atoms with E-state index < -0.39 is 0 Å². The van der Waals surface area contributed by atoms with Crippen molar-refractivity contribution in [1.29, 1.82) is 0 Å². The van der Waals surface area contributed by atoms with Crippen molar-refractivity contribution in [2.24, 2.45) is 0 Å². The van der Waals surface area contributed by atoms with E-state index in [1.165, 1.54) is 5.56 Å². The number of nitrogens with zero attached hydrogens (tertiary/aromatic N) is 1. The lowest BCUT2D eigenvalue weighted by atomic mass is 10.1. The first-order valence-electron chi connectivity index (χ1n) is 7.55. The van der Waals surface area contributed by atoms with Crippen molar-refractivity contribution in [2.45, 2.75) is 26.8 Å². The number of rotatable bonds is 7. The monoisotopic (exact) mass is 314 g/mol. The molecule has 1 aromatic carbocycles. The summed E-state index contributed by atoms with van der Waals surface area (Å²) in [5.41, 5.74) is 3.11. The number of amides is 1. The van der Waals surface area contributed by atoms with Crippen molar-refractivity contribution in [2.75, 3.05) is 13.7 Å². The molecule has 1 heterocycles. The second kappa shape index (κ2) is 8.17. The van der Waals surface area contributed by atoms with Crippen LogP contribution in [-0.2, 0) is 11.3 Å². The average Bonchev–Trinajstić information content (AvgIpc) is 2.55. The van der Waals surface area contributed by atoms with Crippen LogP contribution in [0.3, 0.4) is 0 Å². The third-order valence-electron chi connectivity index (χ3n) is 3.44. The predicted octanol–water partition coefficient (Wildman–Crippen LogP) is 2.79. The number of hydrogen-bond acceptors (Lipinski definition) is 4. The maximum Gasteiger partial charge on any atom is 0.223 e. The van der Waals surface area contributed by atoms with E-state index >= 15 is 0 Å². The molecular weight excluding hydrogens is 292 g/mol. The Morgan fingerprint density at radius 2 is 2.09 bits per heavy atom. The minimum absolute atomic E-state index is 0.0688. The number of benzene rings is 1. The van der Waals surface area contributed by atoms with Gasteiger partial charge in [0.15, 0.2) is 0 Å². The molecule has 0 bridgehead atoms. The fraction of sp³-hybridized carbons (Fsp3) is 0.333. The number of aromatic nitrogens is 1. The molecule has 1 amide bonds. The summed E-state index contributed by atoms with van der Waals surface area (Å²) in [7, 11) is 1.56. The van der Waals surface area contributed by atoms with Gasteiger partial charge in [0.2, 0.25) is 11.8 Å². The Kier molecular flexibility index (Phi) is 5.97. The van der Waals surface area contributed by atoms with Crippen LogP contribution in [0.5, 0.6) is 11.6 Å². The van der Waals surface area contributed by atoms with Gasteiger partial charge in [0.05, 0.1) is 20.1 Å². The van der Waals surface area contributed by atoms with Crippen LogP contribution < -0.4 is 14.8 Å². The van der Waals surface area contributed by atoms with Crippen molar-refractivity contribution >= 4 is 5.91 Å². The average molecular weight is 314 g/mol. The van der Waals surface area contributed by atoms with Crippen LogP contribution in [0.25, 0.3) is 0 Å². The second-order valence-corrected chi connectivity index (χ2v) is 5.32. The van der Waals surface area contributed by atoms with E-state index in [1.54, 1.807) is 13.3 Å². The number of hydrogen-bond donors (Lipinski definition) is 1. The first-order valence-corrected chi connectivity index (χ1v) is 7.55. The molecule has 23 heavy (non-hydrogen) atoms. The van der Waals surface area contributed by atoms with Gasteiger partial charge in [0.1, 0.15) is 5.75 Å². The number of nitrogens with one attached hydrogen (secondary N) is 1. The summed E-state index contributed by atoms with van der Waals surface area (Å²) in [5.74, 6) is 1.28. The van der Waals surface area contributed by atoms with Crippen molar-refractivity contribution < 1.29 is 14.3 Å². The molecule has 0 aliphatic carbocycles. The van der Waals surface area contributed by atoms with Crippen molar-refractivity contribution in [1.82, 2.24) is 10.3 Å². The van der Waals surface area contributed by atoms with E-state index in [1.807, 2.05) is 38.1 Å². The molecule has 0 unspecified atom stereocenters. The molecule has 5 heteroatoms. The molecule has 0 spiro atoms. The maximum absolute atomic E-state index is 11.9. The summed E-state index contributed by atoms with van der Waals surface area (Å²) in [6.45, 7) is 4.77. The lowest BCUT2D eigenvalue weighted by molar-refractivity contribution is -0.121. The summed E-state index contributed by atoms with van der Waals surface area (Å²) in [6.07, 6.45) is 1.96. The topological polar surface area (TPSA) is 60.5 Å². The Labute approximate surface area is 136 Å². The Morgan fingerprint density at radius 1 is 1.26 bits per heavy atom. The van der Waals surface area contributed by atoms with Gasteiger partial charge in [-0.25, -0.2) is 4.98 Å². The molecule has 0 saturated carbocycles. The first-order chi connectivity index (χ1) is 11.1. The number of aryl methyl sites for hydroxylation is 2. The molecule has 1 N–H and O–H groups in total. The minimum atomic E-state index is -0.0688. The molecule has 122 valence electrons. The highest BCUT2D eigenvalue weighted by molar-refractivity contribution is 5.76. The Balaban J connectivity index is 1.77. The zero-order valence-electron chi connectivity index (χ0n) is 13.8. The smallest absolute Gasteiger partial charge is 0.223 e. The molecule has 2 aromatic rings. The van der Waals surface area contributed by atoms with E-state index in [0.717, 1.165) is 16.9 Å².